The van der Waals surface area contributed by atoms with E-state index >= 15 is 0 Å². The SMILES string of the molecule is CCC(CC)c1cc(C(F)(F)F)c2c(O)n3c(c2c1)CNCC3. The van der Waals surface area contributed by atoms with Crippen molar-refractivity contribution in [1.82, 2.24) is 9.88 Å². The maximum absolute atomic E-state index is 13.6. The third-order valence-electron chi connectivity index (χ3n) is 4.84. The average molecular weight is 326 g/mol. The Balaban J connectivity index is 2.35. The third kappa shape index (κ3) is 2.59. The van der Waals surface area contributed by atoms with Crippen molar-refractivity contribution in [3.63, 3.8) is 0 Å². The number of hydrogen-bond donors (Lipinski definition) is 2. The molecule has 0 saturated carbocycles. The standard InChI is InChI=1S/C17H21F3N2O/c1-3-10(4-2)11-7-12-14-9-21-5-6-22(14)16(23)15(12)13(8-11)17(18,19)20/h7-8,10,21,23H,3-6,9H2,1-2H3. The highest BCUT2D eigenvalue weighted by atomic mass is 19.4. The number of alkyl halides is 3. The van der Waals surface area contributed by atoms with Crippen molar-refractivity contribution in [2.75, 3.05) is 6.54 Å². The minimum Gasteiger partial charge on any atom is -0.494 e. The van der Waals surface area contributed by atoms with E-state index in [0.29, 0.717) is 30.6 Å². The number of nitrogens with one attached hydrogen (secondary N) is 1. The zero-order valence-electron chi connectivity index (χ0n) is 13.3. The van der Waals surface area contributed by atoms with Crippen LogP contribution in [-0.4, -0.2) is 16.2 Å². The summed E-state index contributed by atoms with van der Waals surface area (Å²) in [6.07, 6.45) is -2.90. The molecule has 0 spiro atoms. The van der Waals surface area contributed by atoms with E-state index in [0.717, 1.165) is 18.5 Å². The van der Waals surface area contributed by atoms with Gasteiger partial charge in [-0.15, -0.1) is 0 Å². The molecule has 0 amide bonds. The van der Waals surface area contributed by atoms with E-state index in [1.807, 2.05) is 19.9 Å². The highest BCUT2D eigenvalue weighted by Gasteiger charge is 2.36. The zero-order valence-corrected chi connectivity index (χ0v) is 13.3. The molecule has 3 rings (SSSR count). The molecule has 0 unspecified atom stereocenters. The van der Waals surface area contributed by atoms with E-state index in [2.05, 4.69) is 5.32 Å². The summed E-state index contributed by atoms with van der Waals surface area (Å²) in [5.41, 5.74) is 0.715. The summed E-state index contributed by atoms with van der Waals surface area (Å²) in [5, 5.41) is 14.0. The molecule has 1 aromatic carbocycles. The second kappa shape index (κ2) is 5.74. The summed E-state index contributed by atoms with van der Waals surface area (Å²) in [4.78, 5) is 0. The molecule has 2 N–H and O–H groups in total. The van der Waals surface area contributed by atoms with Crippen LogP contribution in [0.2, 0.25) is 0 Å². The monoisotopic (exact) mass is 326 g/mol. The molecule has 0 atom stereocenters. The van der Waals surface area contributed by atoms with Gasteiger partial charge in [-0.3, -0.25) is 0 Å². The van der Waals surface area contributed by atoms with Crippen molar-refractivity contribution in [1.29, 1.82) is 0 Å². The molecule has 3 nitrogen and oxygen atoms in total. The molecule has 23 heavy (non-hydrogen) atoms. The molecule has 0 saturated heterocycles. The number of hydrogen-bond acceptors (Lipinski definition) is 2. The van der Waals surface area contributed by atoms with Crippen LogP contribution >= 0.6 is 0 Å². The summed E-state index contributed by atoms with van der Waals surface area (Å²) in [6.45, 7) is 5.57. The fourth-order valence-electron chi connectivity index (χ4n) is 3.59. The molecule has 1 aliphatic heterocycles. The summed E-state index contributed by atoms with van der Waals surface area (Å²) >= 11 is 0. The van der Waals surface area contributed by atoms with Gasteiger partial charge in [-0.2, -0.15) is 13.2 Å². The topological polar surface area (TPSA) is 37.2 Å². The largest absolute Gasteiger partial charge is 0.494 e. The molecule has 0 aliphatic carbocycles. The first-order valence-electron chi connectivity index (χ1n) is 8.04. The van der Waals surface area contributed by atoms with Crippen molar-refractivity contribution in [2.45, 2.75) is 51.9 Å². The summed E-state index contributed by atoms with van der Waals surface area (Å²) < 4.78 is 42.3. The molecule has 126 valence electrons. The number of rotatable bonds is 3. The summed E-state index contributed by atoms with van der Waals surface area (Å²) in [6, 6.07) is 3.06. The van der Waals surface area contributed by atoms with Gasteiger partial charge in [0, 0.05) is 30.7 Å². The molecule has 2 heterocycles. The quantitative estimate of drug-likeness (QED) is 0.879. The lowest BCUT2D eigenvalue weighted by Crippen LogP contribution is -2.27. The maximum atomic E-state index is 13.6. The number of aromatic nitrogens is 1. The van der Waals surface area contributed by atoms with Gasteiger partial charge in [0.25, 0.3) is 0 Å². The van der Waals surface area contributed by atoms with Gasteiger partial charge in [-0.1, -0.05) is 13.8 Å². The molecule has 0 fully saturated rings. The number of benzene rings is 1. The van der Waals surface area contributed by atoms with Crippen LogP contribution in [0.1, 0.15) is 49.4 Å². The Morgan fingerprint density at radius 3 is 2.57 bits per heavy atom. The first-order valence-corrected chi connectivity index (χ1v) is 8.04. The molecule has 0 radical (unpaired) electrons. The Kier molecular flexibility index (Phi) is 4.04. The predicted octanol–water partition coefficient (Wildman–Crippen LogP) is 4.37. The third-order valence-corrected chi connectivity index (χ3v) is 4.84. The number of halogens is 3. The van der Waals surface area contributed by atoms with Gasteiger partial charge in [0.05, 0.1) is 10.9 Å². The summed E-state index contributed by atoms with van der Waals surface area (Å²) in [5.74, 6) is -0.172. The van der Waals surface area contributed by atoms with Crippen LogP contribution < -0.4 is 5.32 Å². The van der Waals surface area contributed by atoms with Crippen molar-refractivity contribution in [3.8, 4) is 5.88 Å². The van der Waals surface area contributed by atoms with Gasteiger partial charge in [0.1, 0.15) is 0 Å². The molecular formula is C17H21F3N2O. The predicted molar refractivity (Wildman–Crippen MR) is 83.6 cm³/mol. The second-order valence-corrected chi connectivity index (χ2v) is 6.10. The lowest BCUT2D eigenvalue weighted by atomic mass is 9.90. The van der Waals surface area contributed by atoms with Crippen LogP contribution in [0, 0.1) is 0 Å². The van der Waals surface area contributed by atoms with Crippen LogP contribution in [-0.2, 0) is 19.3 Å². The minimum absolute atomic E-state index is 0.0640. The highest BCUT2D eigenvalue weighted by Crippen LogP contribution is 2.44. The lowest BCUT2D eigenvalue weighted by molar-refractivity contribution is -0.136. The van der Waals surface area contributed by atoms with Gasteiger partial charge in [0.2, 0.25) is 0 Å². The van der Waals surface area contributed by atoms with E-state index in [-0.39, 0.29) is 17.2 Å². The van der Waals surface area contributed by atoms with Crippen molar-refractivity contribution in [2.24, 2.45) is 0 Å². The fourth-order valence-corrected chi connectivity index (χ4v) is 3.59. The molecule has 2 aromatic rings. The molecule has 0 bridgehead atoms. The van der Waals surface area contributed by atoms with Gasteiger partial charge >= 0.3 is 6.18 Å². The normalized spacial score (nSPS) is 15.4. The van der Waals surface area contributed by atoms with Crippen molar-refractivity contribution >= 4 is 10.8 Å². The highest BCUT2D eigenvalue weighted by molar-refractivity contribution is 5.95. The maximum Gasteiger partial charge on any atom is 0.417 e. The van der Waals surface area contributed by atoms with Crippen molar-refractivity contribution < 1.29 is 18.3 Å². The van der Waals surface area contributed by atoms with E-state index in [1.54, 1.807) is 4.57 Å². The van der Waals surface area contributed by atoms with Gasteiger partial charge in [-0.05, 0) is 36.5 Å². The average Bonchev–Trinajstić information content (AvgIpc) is 2.81. The van der Waals surface area contributed by atoms with Crippen LogP contribution in [0.5, 0.6) is 5.88 Å². The smallest absolute Gasteiger partial charge is 0.417 e. The zero-order chi connectivity index (χ0) is 16.8. The minimum atomic E-state index is -4.48. The Labute approximate surface area is 133 Å². The lowest BCUT2D eigenvalue weighted by Gasteiger charge is -2.18. The van der Waals surface area contributed by atoms with E-state index < -0.39 is 11.7 Å². The second-order valence-electron chi connectivity index (χ2n) is 6.10. The first-order chi connectivity index (χ1) is 10.9. The number of aromatic hydroxyl groups is 1. The number of fused-ring (bicyclic) bond motifs is 3. The number of nitrogens with zero attached hydrogens (tertiary/aromatic N) is 1. The van der Waals surface area contributed by atoms with Crippen LogP contribution in [0.25, 0.3) is 10.8 Å². The van der Waals surface area contributed by atoms with Crippen LogP contribution in [0.3, 0.4) is 0 Å². The summed E-state index contributed by atoms with van der Waals surface area (Å²) in [7, 11) is 0. The Morgan fingerprint density at radius 2 is 1.96 bits per heavy atom. The Bertz CT molecular complexity index is 730. The van der Waals surface area contributed by atoms with E-state index in [4.69, 9.17) is 0 Å². The van der Waals surface area contributed by atoms with Crippen LogP contribution in [0.15, 0.2) is 12.1 Å². The van der Waals surface area contributed by atoms with E-state index in [1.165, 1.54) is 6.07 Å². The molecule has 1 aliphatic rings. The van der Waals surface area contributed by atoms with Crippen molar-refractivity contribution in [3.05, 3.63) is 29.0 Å². The molecule has 1 aromatic heterocycles. The van der Waals surface area contributed by atoms with E-state index in [9.17, 15) is 18.3 Å². The molecular weight excluding hydrogens is 305 g/mol. The molecule has 6 heteroatoms. The van der Waals surface area contributed by atoms with Gasteiger partial charge in [0.15, 0.2) is 5.88 Å². The van der Waals surface area contributed by atoms with Crippen LogP contribution in [0.4, 0.5) is 13.2 Å². The fraction of sp³-hybridized carbons (Fsp3) is 0.529. The van der Waals surface area contributed by atoms with Gasteiger partial charge < -0.3 is 15.0 Å². The Hall–Kier alpha value is -1.69. The Morgan fingerprint density at radius 1 is 1.26 bits per heavy atom. The first kappa shape index (κ1) is 16.2. The van der Waals surface area contributed by atoms with Gasteiger partial charge in [-0.25, -0.2) is 0 Å².